The zero-order chi connectivity index (χ0) is 16.6. The van der Waals surface area contributed by atoms with E-state index in [2.05, 4.69) is 30.1 Å². The molecule has 2 aromatic carbocycles. The first-order chi connectivity index (χ1) is 10.9. The monoisotopic (exact) mass is 307 g/mol. The number of aromatic nitrogens is 3. The Hall–Kier alpha value is -2.30. The van der Waals surface area contributed by atoms with Gasteiger partial charge in [0.2, 0.25) is 0 Å². The number of phenolic OH excluding ortho intramolecular Hbond substituents is 1. The number of aromatic hydroxyl groups is 1. The Bertz CT molecular complexity index is 855. The van der Waals surface area contributed by atoms with Crippen molar-refractivity contribution in [2.45, 2.75) is 33.6 Å². The molecule has 1 N–H and O–H groups in total. The van der Waals surface area contributed by atoms with Crippen LogP contribution in [0.3, 0.4) is 0 Å². The van der Waals surface area contributed by atoms with Gasteiger partial charge >= 0.3 is 0 Å². The number of phenols is 1. The van der Waals surface area contributed by atoms with Crippen LogP contribution in [0.5, 0.6) is 5.75 Å². The molecule has 0 atom stereocenters. The van der Waals surface area contributed by atoms with Gasteiger partial charge in [-0.25, -0.2) is 0 Å². The summed E-state index contributed by atoms with van der Waals surface area (Å²) in [5.74, 6) is 0.899. The minimum absolute atomic E-state index is 0.246. The predicted octanol–water partition coefficient (Wildman–Crippen LogP) is 2.28. The molecule has 3 rings (SSSR count). The third-order valence-electron chi connectivity index (χ3n) is 4.10. The van der Waals surface area contributed by atoms with E-state index in [0.717, 1.165) is 34.9 Å². The maximum absolute atomic E-state index is 10.4. The standard InChI is InChI=1S/C18H22BN3O/c1-11(2)4-6-13-9-14(19)18(23)17(10-13)22-20-15-7-5-12(3)8-16(15)21-22/h5,7-11,23H,4,6,19H2,1-3H3. The summed E-state index contributed by atoms with van der Waals surface area (Å²) in [6, 6.07) is 10.0. The van der Waals surface area contributed by atoms with Crippen molar-refractivity contribution >= 4 is 24.3 Å². The van der Waals surface area contributed by atoms with E-state index in [0.29, 0.717) is 11.6 Å². The Kier molecular flexibility index (Phi) is 4.11. The molecule has 1 aromatic heterocycles. The van der Waals surface area contributed by atoms with Crippen molar-refractivity contribution < 1.29 is 5.11 Å². The molecule has 1 heterocycles. The summed E-state index contributed by atoms with van der Waals surface area (Å²) < 4.78 is 0. The van der Waals surface area contributed by atoms with Gasteiger partial charge in [-0.3, -0.25) is 0 Å². The van der Waals surface area contributed by atoms with E-state index in [-0.39, 0.29) is 5.75 Å². The van der Waals surface area contributed by atoms with Crippen molar-refractivity contribution in [2.24, 2.45) is 5.92 Å². The fourth-order valence-electron chi connectivity index (χ4n) is 2.72. The first-order valence-corrected chi connectivity index (χ1v) is 8.10. The highest BCUT2D eigenvalue weighted by Gasteiger charge is 2.13. The van der Waals surface area contributed by atoms with E-state index < -0.39 is 0 Å². The van der Waals surface area contributed by atoms with Crippen LogP contribution < -0.4 is 5.46 Å². The van der Waals surface area contributed by atoms with Gasteiger partial charge in [-0.1, -0.05) is 26.0 Å². The van der Waals surface area contributed by atoms with Gasteiger partial charge in [-0.15, -0.1) is 15.0 Å². The average molecular weight is 307 g/mol. The largest absolute Gasteiger partial charge is 0.506 e. The normalized spacial score (nSPS) is 11.5. The number of aryl methyl sites for hydroxylation is 2. The van der Waals surface area contributed by atoms with Crippen molar-refractivity contribution in [1.29, 1.82) is 0 Å². The third-order valence-corrected chi connectivity index (χ3v) is 4.10. The zero-order valence-electron chi connectivity index (χ0n) is 14.2. The summed E-state index contributed by atoms with van der Waals surface area (Å²) >= 11 is 0. The molecule has 0 saturated heterocycles. The molecule has 118 valence electrons. The summed E-state index contributed by atoms with van der Waals surface area (Å²) in [4.78, 5) is 1.55. The molecule has 0 radical (unpaired) electrons. The van der Waals surface area contributed by atoms with Gasteiger partial charge in [0.1, 0.15) is 30.3 Å². The second kappa shape index (κ2) is 6.07. The summed E-state index contributed by atoms with van der Waals surface area (Å²) in [6.07, 6.45) is 2.11. The van der Waals surface area contributed by atoms with E-state index >= 15 is 0 Å². The first kappa shape index (κ1) is 15.6. The minimum atomic E-state index is 0.246. The Labute approximate surface area is 137 Å². The van der Waals surface area contributed by atoms with E-state index in [1.54, 1.807) is 4.80 Å². The Balaban J connectivity index is 2.05. The highest BCUT2D eigenvalue weighted by atomic mass is 16.3. The second-order valence-electron chi connectivity index (χ2n) is 6.69. The summed E-state index contributed by atoms with van der Waals surface area (Å²) in [6.45, 7) is 6.48. The lowest BCUT2D eigenvalue weighted by Crippen LogP contribution is -2.11. The van der Waals surface area contributed by atoms with Crippen molar-refractivity contribution in [3.05, 3.63) is 41.5 Å². The van der Waals surface area contributed by atoms with Gasteiger partial charge in [0.05, 0.1) is 0 Å². The number of hydrogen-bond acceptors (Lipinski definition) is 3. The summed E-state index contributed by atoms with van der Waals surface area (Å²) in [5, 5.41) is 19.5. The molecule has 0 unspecified atom stereocenters. The molecule has 0 amide bonds. The molecule has 23 heavy (non-hydrogen) atoms. The van der Waals surface area contributed by atoms with Crippen LogP contribution in [-0.4, -0.2) is 27.9 Å². The minimum Gasteiger partial charge on any atom is -0.506 e. The maximum atomic E-state index is 10.4. The Morgan fingerprint density at radius 1 is 1.13 bits per heavy atom. The van der Waals surface area contributed by atoms with E-state index in [1.165, 1.54) is 5.56 Å². The maximum Gasteiger partial charge on any atom is 0.144 e. The van der Waals surface area contributed by atoms with Gasteiger partial charge in [0.25, 0.3) is 0 Å². The number of hydrogen-bond donors (Lipinski definition) is 1. The molecule has 0 spiro atoms. The fourth-order valence-corrected chi connectivity index (χ4v) is 2.72. The third kappa shape index (κ3) is 3.23. The van der Waals surface area contributed by atoms with Crippen LogP contribution in [0.25, 0.3) is 16.7 Å². The fraction of sp³-hybridized carbons (Fsp3) is 0.333. The van der Waals surface area contributed by atoms with Gasteiger partial charge in [0.15, 0.2) is 0 Å². The molecule has 0 bridgehead atoms. The van der Waals surface area contributed by atoms with Crippen LogP contribution in [0, 0.1) is 12.8 Å². The number of nitrogens with zero attached hydrogens (tertiary/aromatic N) is 3. The highest BCUT2D eigenvalue weighted by Crippen LogP contribution is 2.22. The smallest absolute Gasteiger partial charge is 0.144 e. The molecule has 0 saturated carbocycles. The highest BCUT2D eigenvalue weighted by molar-refractivity contribution is 6.34. The van der Waals surface area contributed by atoms with Gasteiger partial charge < -0.3 is 5.11 Å². The first-order valence-electron chi connectivity index (χ1n) is 8.10. The second-order valence-corrected chi connectivity index (χ2v) is 6.69. The topological polar surface area (TPSA) is 50.9 Å². The molecule has 0 fully saturated rings. The van der Waals surface area contributed by atoms with Crippen LogP contribution in [0.15, 0.2) is 30.3 Å². The molecular weight excluding hydrogens is 285 g/mol. The van der Waals surface area contributed by atoms with Gasteiger partial charge in [-0.05, 0) is 60.5 Å². The SMILES string of the molecule is Bc1cc(CCC(C)C)cc(-n2nc3ccc(C)cc3n2)c1O. The lowest BCUT2D eigenvalue weighted by atomic mass is 9.90. The number of benzene rings is 2. The molecule has 0 aliphatic carbocycles. The van der Waals surface area contributed by atoms with Crippen LogP contribution in [-0.2, 0) is 6.42 Å². The Morgan fingerprint density at radius 2 is 1.87 bits per heavy atom. The quantitative estimate of drug-likeness (QED) is 0.752. The van der Waals surface area contributed by atoms with Gasteiger partial charge in [0, 0.05) is 0 Å². The van der Waals surface area contributed by atoms with Crippen molar-refractivity contribution in [3.8, 4) is 11.4 Å². The van der Waals surface area contributed by atoms with Crippen LogP contribution in [0.1, 0.15) is 31.4 Å². The molecular formula is C18H22BN3O. The molecule has 4 nitrogen and oxygen atoms in total. The van der Waals surface area contributed by atoms with Crippen molar-refractivity contribution in [3.63, 3.8) is 0 Å². The summed E-state index contributed by atoms with van der Waals surface area (Å²) in [7, 11) is 1.92. The summed E-state index contributed by atoms with van der Waals surface area (Å²) in [5.41, 5.74) is 5.54. The van der Waals surface area contributed by atoms with Crippen molar-refractivity contribution in [1.82, 2.24) is 15.0 Å². The van der Waals surface area contributed by atoms with E-state index in [1.807, 2.05) is 39.0 Å². The molecule has 0 aliphatic heterocycles. The van der Waals surface area contributed by atoms with Crippen LogP contribution in [0.4, 0.5) is 0 Å². The Morgan fingerprint density at radius 3 is 2.61 bits per heavy atom. The number of rotatable bonds is 4. The molecule has 3 aromatic rings. The molecule has 5 heteroatoms. The zero-order valence-corrected chi connectivity index (χ0v) is 14.2. The predicted molar refractivity (Wildman–Crippen MR) is 96.6 cm³/mol. The van der Waals surface area contributed by atoms with E-state index in [9.17, 15) is 5.11 Å². The van der Waals surface area contributed by atoms with E-state index in [4.69, 9.17) is 0 Å². The van der Waals surface area contributed by atoms with Crippen LogP contribution in [0.2, 0.25) is 0 Å². The number of fused-ring (bicyclic) bond motifs is 1. The van der Waals surface area contributed by atoms with Crippen molar-refractivity contribution in [2.75, 3.05) is 0 Å². The lowest BCUT2D eigenvalue weighted by molar-refractivity contribution is 0.471. The average Bonchev–Trinajstić information content (AvgIpc) is 2.90. The molecule has 0 aliphatic rings. The van der Waals surface area contributed by atoms with Gasteiger partial charge in [-0.2, -0.15) is 0 Å². The van der Waals surface area contributed by atoms with Crippen LogP contribution >= 0.6 is 0 Å². The lowest BCUT2D eigenvalue weighted by Gasteiger charge is -2.11.